The van der Waals surface area contributed by atoms with Gasteiger partial charge in [0.2, 0.25) is 5.91 Å². The Kier molecular flexibility index (Phi) is 12.1. The predicted octanol–water partition coefficient (Wildman–Crippen LogP) is 6.09. The Bertz CT molecular complexity index is 1940. The van der Waals surface area contributed by atoms with E-state index in [0.717, 1.165) is 0 Å². The van der Waals surface area contributed by atoms with Crippen LogP contribution in [0.2, 0.25) is 0 Å². The molecular formula is C39H44N4O8S. The molecule has 12 nitrogen and oxygen atoms in total. The van der Waals surface area contributed by atoms with Crippen molar-refractivity contribution in [1.82, 2.24) is 15.5 Å². The van der Waals surface area contributed by atoms with Gasteiger partial charge in [-0.05, 0) is 106 Å². The third kappa shape index (κ3) is 10.7. The molecule has 1 aliphatic rings. The molecule has 1 saturated heterocycles. The molecule has 1 aliphatic heterocycles. The van der Waals surface area contributed by atoms with Crippen LogP contribution in [-0.4, -0.2) is 67.6 Å². The van der Waals surface area contributed by atoms with Crippen LogP contribution in [0.1, 0.15) is 49.5 Å². The van der Waals surface area contributed by atoms with E-state index in [-0.39, 0.29) is 40.3 Å². The fourth-order valence-electron chi connectivity index (χ4n) is 5.58. The second-order valence-electron chi connectivity index (χ2n) is 13.6. The zero-order valence-corrected chi connectivity index (χ0v) is 30.2. The molecule has 0 unspecified atom stereocenters. The highest BCUT2D eigenvalue weighted by molar-refractivity contribution is 7.92. The van der Waals surface area contributed by atoms with Crippen molar-refractivity contribution >= 4 is 33.6 Å². The van der Waals surface area contributed by atoms with Gasteiger partial charge in [0, 0.05) is 31.6 Å². The summed E-state index contributed by atoms with van der Waals surface area (Å²) < 4.78 is 40.6. The number of piperidine rings is 1. The number of ether oxygens (including phenoxy) is 2. The molecule has 4 N–H and O–H groups in total. The number of hydrogen-bond donors (Lipinski definition) is 4. The minimum absolute atomic E-state index is 0.0725. The van der Waals surface area contributed by atoms with E-state index in [4.69, 9.17) is 9.47 Å². The third-order valence-electron chi connectivity index (χ3n) is 8.36. The molecule has 1 heterocycles. The number of likely N-dealkylation sites (tertiary alicyclic amines) is 1. The molecule has 0 radical (unpaired) electrons. The molecule has 0 spiro atoms. The van der Waals surface area contributed by atoms with Crippen LogP contribution < -0.4 is 20.1 Å². The lowest BCUT2D eigenvalue weighted by Gasteiger charge is -2.33. The highest BCUT2D eigenvalue weighted by Crippen LogP contribution is 2.31. The molecule has 3 amide bonds. The molecule has 4 aromatic rings. The van der Waals surface area contributed by atoms with Gasteiger partial charge in [0.25, 0.3) is 15.9 Å². The van der Waals surface area contributed by atoms with E-state index < -0.39 is 33.5 Å². The monoisotopic (exact) mass is 728 g/mol. The number of nitrogens with one attached hydrogen (secondary N) is 3. The summed E-state index contributed by atoms with van der Waals surface area (Å²) in [5.74, 6) is 0.106. The van der Waals surface area contributed by atoms with Crippen molar-refractivity contribution in [2.24, 2.45) is 5.92 Å². The lowest BCUT2D eigenvalue weighted by molar-refractivity contribution is -0.123. The van der Waals surface area contributed by atoms with Crippen LogP contribution in [0.25, 0.3) is 0 Å². The zero-order valence-electron chi connectivity index (χ0n) is 29.4. The van der Waals surface area contributed by atoms with Crippen LogP contribution >= 0.6 is 0 Å². The van der Waals surface area contributed by atoms with E-state index in [1.54, 1.807) is 53.4 Å². The number of aromatic hydroxyl groups is 1. The summed E-state index contributed by atoms with van der Waals surface area (Å²) >= 11 is 0. The minimum Gasteiger partial charge on any atom is -0.508 e. The van der Waals surface area contributed by atoms with Crippen LogP contribution in [0.3, 0.4) is 0 Å². The number of anilines is 1. The van der Waals surface area contributed by atoms with Crippen LogP contribution in [0.15, 0.2) is 108 Å². The van der Waals surface area contributed by atoms with Crippen molar-refractivity contribution < 1.29 is 37.4 Å². The highest BCUT2D eigenvalue weighted by atomic mass is 32.2. The Labute approximate surface area is 304 Å². The molecule has 5 rings (SSSR count). The molecule has 274 valence electrons. The summed E-state index contributed by atoms with van der Waals surface area (Å²) in [7, 11) is -4.06. The maximum absolute atomic E-state index is 13.5. The minimum atomic E-state index is -4.06. The van der Waals surface area contributed by atoms with Gasteiger partial charge in [-0.15, -0.1) is 0 Å². The van der Waals surface area contributed by atoms with Gasteiger partial charge in [-0.2, -0.15) is 0 Å². The fourth-order valence-corrected chi connectivity index (χ4v) is 6.65. The van der Waals surface area contributed by atoms with Crippen molar-refractivity contribution in [1.29, 1.82) is 0 Å². The number of phenolic OH excluding ortho intramolecular Hbond substituents is 1. The summed E-state index contributed by atoms with van der Waals surface area (Å²) in [5.41, 5.74) is 0.531. The molecule has 0 aromatic heterocycles. The molecule has 13 heteroatoms. The number of rotatable bonds is 12. The Balaban J connectivity index is 1.22. The van der Waals surface area contributed by atoms with Crippen molar-refractivity contribution in [3.05, 3.63) is 114 Å². The van der Waals surface area contributed by atoms with Crippen molar-refractivity contribution in [3.8, 4) is 17.2 Å². The first kappa shape index (κ1) is 37.7. The Morgan fingerprint density at radius 2 is 1.50 bits per heavy atom. The van der Waals surface area contributed by atoms with Gasteiger partial charge in [-0.1, -0.05) is 42.5 Å². The molecule has 52 heavy (non-hydrogen) atoms. The van der Waals surface area contributed by atoms with Crippen LogP contribution in [0.5, 0.6) is 17.2 Å². The van der Waals surface area contributed by atoms with Crippen LogP contribution in [0, 0.1) is 5.92 Å². The Morgan fingerprint density at radius 3 is 2.15 bits per heavy atom. The van der Waals surface area contributed by atoms with Crippen molar-refractivity contribution in [2.75, 3.05) is 24.4 Å². The van der Waals surface area contributed by atoms with Gasteiger partial charge in [0.1, 0.15) is 23.1 Å². The number of amides is 3. The van der Waals surface area contributed by atoms with Crippen molar-refractivity contribution in [2.45, 2.75) is 56.6 Å². The van der Waals surface area contributed by atoms with E-state index >= 15 is 0 Å². The normalized spacial score (nSPS) is 14.2. The molecule has 0 saturated carbocycles. The lowest BCUT2D eigenvalue weighted by Crippen LogP contribution is -2.50. The maximum Gasteiger partial charge on any atom is 0.410 e. The first-order valence-electron chi connectivity index (χ1n) is 17.0. The number of phenols is 1. The number of sulfonamides is 1. The number of hydrogen-bond acceptors (Lipinski definition) is 8. The number of para-hydroxylation sites is 3. The van der Waals surface area contributed by atoms with Gasteiger partial charge in [0.15, 0.2) is 5.75 Å². The quantitative estimate of drug-likeness (QED) is 0.136. The standard InChI is InChI=1S/C39H44N4O8S/c1-39(2,3)51-38(47)43-23-21-28(22-24-43)26-40-37(46)34(25-27-13-17-30(44)18-14-27)41-36(45)29-15-19-32(20-16-29)52(48,49)42-33-11-7-8-12-35(33)50-31-9-5-4-6-10-31/h4-20,28,34,42,44H,21-26H2,1-3H3,(H,40,46)(H,41,45)/t34-/m0/s1. The van der Waals surface area contributed by atoms with E-state index in [1.165, 1.54) is 36.4 Å². The van der Waals surface area contributed by atoms with Crippen molar-refractivity contribution in [3.63, 3.8) is 0 Å². The number of carbonyl (C=O) groups is 3. The summed E-state index contributed by atoms with van der Waals surface area (Å²) in [5, 5.41) is 15.5. The van der Waals surface area contributed by atoms with Gasteiger partial charge < -0.3 is 30.1 Å². The number of nitrogens with zero attached hydrogens (tertiary/aromatic N) is 1. The average Bonchev–Trinajstić information content (AvgIpc) is 3.12. The second kappa shape index (κ2) is 16.6. The second-order valence-corrected chi connectivity index (χ2v) is 15.3. The zero-order chi connectivity index (χ0) is 37.3. The van der Waals surface area contributed by atoms with E-state index in [2.05, 4.69) is 15.4 Å². The van der Waals surface area contributed by atoms with E-state index in [9.17, 15) is 27.9 Å². The number of carbonyl (C=O) groups excluding carboxylic acids is 3. The number of benzene rings is 4. The molecule has 0 aliphatic carbocycles. The highest BCUT2D eigenvalue weighted by Gasteiger charge is 2.28. The lowest BCUT2D eigenvalue weighted by atomic mass is 9.96. The smallest absolute Gasteiger partial charge is 0.410 e. The first-order chi connectivity index (χ1) is 24.8. The van der Waals surface area contributed by atoms with Gasteiger partial charge >= 0.3 is 6.09 Å². The largest absolute Gasteiger partial charge is 0.508 e. The van der Waals surface area contributed by atoms with Gasteiger partial charge in [0.05, 0.1) is 10.6 Å². The SMILES string of the molecule is CC(C)(C)OC(=O)N1CCC(CNC(=O)[C@H](Cc2ccc(O)cc2)NC(=O)c2ccc(S(=O)(=O)Nc3ccccc3Oc3ccccc3)cc2)CC1. The topological polar surface area (TPSA) is 163 Å². The summed E-state index contributed by atoms with van der Waals surface area (Å²) in [6.07, 6.45) is 1.16. The van der Waals surface area contributed by atoms with Crippen LogP contribution in [-0.2, 0) is 26.0 Å². The maximum atomic E-state index is 13.5. The molecule has 1 fully saturated rings. The summed E-state index contributed by atoms with van der Waals surface area (Å²) in [4.78, 5) is 41.0. The Morgan fingerprint density at radius 1 is 0.865 bits per heavy atom. The molecule has 0 bridgehead atoms. The predicted molar refractivity (Wildman–Crippen MR) is 197 cm³/mol. The molecule has 4 aromatic carbocycles. The molecular weight excluding hydrogens is 685 g/mol. The van der Waals surface area contributed by atoms with Gasteiger partial charge in [-0.25, -0.2) is 13.2 Å². The summed E-state index contributed by atoms with van der Waals surface area (Å²) in [6.45, 7) is 6.86. The third-order valence-corrected chi connectivity index (χ3v) is 9.74. The van der Waals surface area contributed by atoms with Crippen LogP contribution in [0.4, 0.5) is 10.5 Å². The average molecular weight is 729 g/mol. The Hall–Kier alpha value is -5.56. The van der Waals surface area contributed by atoms with Gasteiger partial charge in [-0.3, -0.25) is 14.3 Å². The fraction of sp³-hybridized carbons (Fsp3) is 0.308. The van der Waals surface area contributed by atoms with E-state index in [1.807, 2.05) is 39.0 Å². The first-order valence-corrected chi connectivity index (χ1v) is 18.5. The summed E-state index contributed by atoms with van der Waals surface area (Å²) in [6, 6.07) is 26.4. The molecule has 1 atom stereocenters. The van der Waals surface area contributed by atoms with E-state index in [0.29, 0.717) is 49.5 Å².